The van der Waals surface area contributed by atoms with Crippen molar-refractivity contribution in [3.63, 3.8) is 0 Å². The van der Waals surface area contributed by atoms with Gasteiger partial charge in [-0.25, -0.2) is 0 Å². The number of hydrogen-bond donors (Lipinski definition) is 0. The highest BCUT2D eigenvalue weighted by Crippen LogP contribution is 2.18. The summed E-state index contributed by atoms with van der Waals surface area (Å²) < 4.78 is 1.99. The van der Waals surface area contributed by atoms with E-state index in [2.05, 4.69) is 12.3 Å². The highest BCUT2D eigenvalue weighted by atomic mass is 16.2. The summed E-state index contributed by atoms with van der Waals surface area (Å²) in [6.07, 6.45) is 9.08. The summed E-state index contributed by atoms with van der Waals surface area (Å²) in [4.78, 5) is 13.2. The molecule has 0 aromatic carbocycles. The first-order valence-electron chi connectivity index (χ1n) is 5.88. The van der Waals surface area contributed by atoms with Gasteiger partial charge in [0.05, 0.1) is 0 Å². The molecule has 1 aromatic heterocycles. The Kier molecular flexibility index (Phi) is 3.22. The molecular weight excluding hydrogens is 200 g/mol. The van der Waals surface area contributed by atoms with Crippen molar-refractivity contribution in [1.29, 1.82) is 0 Å². The van der Waals surface area contributed by atoms with Crippen LogP contribution >= 0.6 is 0 Å². The molecule has 0 saturated carbocycles. The molecule has 2 rings (SSSR count). The maximum Gasteiger partial charge on any atom is 0.288 e. The second kappa shape index (κ2) is 4.64. The lowest BCUT2D eigenvalue weighted by atomic mass is 9.93. The minimum absolute atomic E-state index is 0.140. The number of aryl methyl sites for hydroxylation is 2. The summed E-state index contributed by atoms with van der Waals surface area (Å²) in [5.74, 6) is 0.140. The zero-order chi connectivity index (χ0) is 11.5. The van der Waals surface area contributed by atoms with Crippen LogP contribution in [0, 0.1) is 0 Å². The standard InChI is InChI=1S/C13H19N2O/c1-14(2)13(16)10-15-8-7-11-5-3-4-6-12(11)9-15/h7-9H,3-6,10H2,1-2H3/q+1. The summed E-state index contributed by atoms with van der Waals surface area (Å²) in [7, 11) is 3.59. The monoisotopic (exact) mass is 219 g/mol. The highest BCUT2D eigenvalue weighted by Gasteiger charge is 2.16. The van der Waals surface area contributed by atoms with E-state index in [-0.39, 0.29) is 5.91 Å². The SMILES string of the molecule is CN(C)C(=O)C[n+]1ccc2c(c1)CCCC2. The van der Waals surface area contributed by atoms with E-state index in [0.717, 1.165) is 6.42 Å². The Morgan fingerprint density at radius 3 is 2.69 bits per heavy atom. The van der Waals surface area contributed by atoms with Gasteiger partial charge in [-0.2, -0.15) is 4.57 Å². The number of aromatic nitrogens is 1. The Labute approximate surface area is 96.7 Å². The molecular formula is C13H19N2O+. The van der Waals surface area contributed by atoms with Crippen LogP contribution in [-0.2, 0) is 24.2 Å². The molecule has 3 nitrogen and oxygen atoms in total. The third kappa shape index (κ3) is 2.40. The normalized spacial score (nSPS) is 14.4. The van der Waals surface area contributed by atoms with Gasteiger partial charge in [-0.1, -0.05) is 0 Å². The molecule has 0 saturated heterocycles. The van der Waals surface area contributed by atoms with Crippen LogP contribution in [-0.4, -0.2) is 24.9 Å². The molecule has 0 unspecified atom stereocenters. The summed E-state index contributed by atoms with van der Waals surface area (Å²) in [6, 6.07) is 2.16. The van der Waals surface area contributed by atoms with E-state index in [9.17, 15) is 4.79 Å². The topological polar surface area (TPSA) is 24.2 Å². The molecule has 0 fully saturated rings. The molecule has 0 N–H and O–H groups in total. The predicted octanol–water partition coefficient (Wildman–Crippen LogP) is 0.941. The lowest BCUT2D eigenvalue weighted by Crippen LogP contribution is -2.42. The van der Waals surface area contributed by atoms with E-state index in [0.29, 0.717) is 6.54 Å². The molecule has 1 aliphatic carbocycles. The number of fused-ring (bicyclic) bond motifs is 1. The summed E-state index contributed by atoms with van der Waals surface area (Å²) in [5.41, 5.74) is 2.88. The molecule has 86 valence electrons. The summed E-state index contributed by atoms with van der Waals surface area (Å²) in [5, 5.41) is 0. The number of hydrogen-bond acceptors (Lipinski definition) is 1. The van der Waals surface area contributed by atoms with Crippen molar-refractivity contribution >= 4 is 5.91 Å². The van der Waals surface area contributed by atoms with Gasteiger partial charge in [0.2, 0.25) is 6.54 Å². The minimum Gasteiger partial charge on any atom is -0.343 e. The quantitative estimate of drug-likeness (QED) is 0.679. The summed E-state index contributed by atoms with van der Waals surface area (Å²) in [6.45, 7) is 0.445. The first-order valence-corrected chi connectivity index (χ1v) is 5.88. The lowest BCUT2D eigenvalue weighted by molar-refractivity contribution is -0.685. The van der Waals surface area contributed by atoms with Gasteiger partial charge >= 0.3 is 0 Å². The second-order valence-corrected chi connectivity index (χ2v) is 4.66. The molecule has 0 spiro atoms. The molecule has 3 heteroatoms. The van der Waals surface area contributed by atoms with Crippen LogP contribution in [0.5, 0.6) is 0 Å². The summed E-state index contributed by atoms with van der Waals surface area (Å²) >= 11 is 0. The van der Waals surface area contributed by atoms with E-state index >= 15 is 0 Å². The smallest absolute Gasteiger partial charge is 0.288 e. The average molecular weight is 219 g/mol. The van der Waals surface area contributed by atoms with Crippen LogP contribution in [0.3, 0.4) is 0 Å². The molecule has 16 heavy (non-hydrogen) atoms. The molecule has 1 aliphatic rings. The molecule has 1 aromatic rings. The fraction of sp³-hybridized carbons (Fsp3) is 0.538. The first kappa shape index (κ1) is 11.1. The van der Waals surface area contributed by atoms with Gasteiger partial charge in [-0.15, -0.1) is 0 Å². The maximum atomic E-state index is 11.6. The van der Waals surface area contributed by atoms with Crippen molar-refractivity contribution in [3.8, 4) is 0 Å². The zero-order valence-electron chi connectivity index (χ0n) is 10.1. The van der Waals surface area contributed by atoms with Gasteiger partial charge in [0, 0.05) is 25.7 Å². The molecule has 1 amide bonds. The number of carbonyl (C=O) groups excluding carboxylic acids is 1. The van der Waals surface area contributed by atoms with Gasteiger partial charge in [-0.3, -0.25) is 4.79 Å². The van der Waals surface area contributed by atoms with Crippen molar-refractivity contribution < 1.29 is 9.36 Å². The third-order valence-corrected chi connectivity index (χ3v) is 3.16. The van der Waals surface area contributed by atoms with E-state index in [4.69, 9.17) is 0 Å². The Morgan fingerprint density at radius 1 is 1.31 bits per heavy atom. The van der Waals surface area contributed by atoms with Gasteiger partial charge in [0.25, 0.3) is 5.91 Å². The average Bonchev–Trinajstić information content (AvgIpc) is 2.28. The zero-order valence-corrected chi connectivity index (χ0v) is 10.1. The van der Waals surface area contributed by atoms with Crippen LogP contribution in [0.2, 0.25) is 0 Å². The van der Waals surface area contributed by atoms with Crippen LogP contribution in [0.4, 0.5) is 0 Å². The van der Waals surface area contributed by atoms with Crippen molar-refractivity contribution in [3.05, 3.63) is 29.6 Å². The highest BCUT2D eigenvalue weighted by molar-refractivity contribution is 5.73. The van der Waals surface area contributed by atoms with Gasteiger partial charge in [0.15, 0.2) is 12.4 Å². The molecule has 0 bridgehead atoms. The van der Waals surface area contributed by atoms with Crippen molar-refractivity contribution in [2.75, 3.05) is 14.1 Å². The lowest BCUT2D eigenvalue weighted by Gasteiger charge is -2.13. The van der Waals surface area contributed by atoms with Crippen LogP contribution in [0.1, 0.15) is 24.0 Å². The largest absolute Gasteiger partial charge is 0.343 e. The Hall–Kier alpha value is -1.38. The Bertz CT molecular complexity index is 399. The number of nitrogens with zero attached hydrogens (tertiary/aromatic N) is 2. The second-order valence-electron chi connectivity index (χ2n) is 4.66. The number of pyridine rings is 1. The van der Waals surface area contributed by atoms with Crippen LogP contribution in [0.15, 0.2) is 18.5 Å². The first-order chi connectivity index (χ1) is 7.66. The Balaban J connectivity index is 2.14. The number of amides is 1. The number of rotatable bonds is 2. The van der Waals surface area contributed by atoms with Crippen molar-refractivity contribution in [2.24, 2.45) is 0 Å². The van der Waals surface area contributed by atoms with Gasteiger partial charge in [-0.05, 0) is 31.2 Å². The molecule has 0 aliphatic heterocycles. The van der Waals surface area contributed by atoms with Gasteiger partial charge in [0.1, 0.15) is 0 Å². The molecule has 1 heterocycles. The minimum atomic E-state index is 0.140. The van der Waals surface area contributed by atoms with E-state index in [1.807, 2.05) is 10.8 Å². The molecule has 0 radical (unpaired) electrons. The van der Waals surface area contributed by atoms with Gasteiger partial charge < -0.3 is 4.90 Å². The fourth-order valence-corrected chi connectivity index (χ4v) is 2.11. The van der Waals surface area contributed by atoms with E-state index in [1.54, 1.807) is 19.0 Å². The van der Waals surface area contributed by atoms with Crippen LogP contribution in [0.25, 0.3) is 0 Å². The van der Waals surface area contributed by atoms with Crippen molar-refractivity contribution in [1.82, 2.24) is 4.90 Å². The predicted molar refractivity (Wildman–Crippen MR) is 62.0 cm³/mol. The maximum absolute atomic E-state index is 11.6. The van der Waals surface area contributed by atoms with E-state index in [1.165, 1.54) is 30.4 Å². The van der Waals surface area contributed by atoms with Crippen molar-refractivity contribution in [2.45, 2.75) is 32.2 Å². The fourth-order valence-electron chi connectivity index (χ4n) is 2.11. The third-order valence-electron chi connectivity index (χ3n) is 3.16. The number of carbonyl (C=O) groups is 1. The Morgan fingerprint density at radius 2 is 2.00 bits per heavy atom. The molecule has 0 atom stereocenters. The van der Waals surface area contributed by atoms with Crippen LogP contribution < -0.4 is 4.57 Å². The van der Waals surface area contributed by atoms with E-state index < -0.39 is 0 Å². The number of likely N-dealkylation sites (N-methyl/N-ethyl adjacent to an activating group) is 1.